The molecular weight excluding hydrogens is 220 g/mol. The van der Waals surface area contributed by atoms with Crippen LogP contribution in [0.5, 0.6) is 0 Å². The standard InChI is InChI=1S/C16H30N2/c1-6-8-9-15(7-2)11-17-12-16-10-13(3)18(5)14(16)4/h10,15,17H,6-9,11-12H2,1-5H3. The van der Waals surface area contributed by atoms with E-state index < -0.39 is 0 Å². The number of rotatable bonds is 8. The molecule has 1 unspecified atom stereocenters. The van der Waals surface area contributed by atoms with E-state index >= 15 is 0 Å². The van der Waals surface area contributed by atoms with E-state index in [0.717, 1.165) is 19.0 Å². The van der Waals surface area contributed by atoms with E-state index in [1.807, 2.05) is 0 Å². The Morgan fingerprint density at radius 3 is 2.50 bits per heavy atom. The first-order chi connectivity index (χ1) is 8.60. The van der Waals surface area contributed by atoms with Gasteiger partial charge in [-0.3, -0.25) is 0 Å². The predicted octanol–water partition coefficient (Wildman–Crippen LogP) is 3.95. The summed E-state index contributed by atoms with van der Waals surface area (Å²) in [6.07, 6.45) is 5.34. The molecular formula is C16H30N2. The van der Waals surface area contributed by atoms with Crippen molar-refractivity contribution in [3.05, 3.63) is 23.0 Å². The zero-order chi connectivity index (χ0) is 13.5. The first kappa shape index (κ1) is 15.3. The summed E-state index contributed by atoms with van der Waals surface area (Å²) in [5.74, 6) is 0.843. The number of aryl methyl sites for hydroxylation is 1. The van der Waals surface area contributed by atoms with Crippen molar-refractivity contribution in [1.29, 1.82) is 0 Å². The quantitative estimate of drug-likeness (QED) is 0.739. The molecule has 1 rings (SSSR count). The molecule has 2 nitrogen and oxygen atoms in total. The fraction of sp³-hybridized carbons (Fsp3) is 0.750. The van der Waals surface area contributed by atoms with Gasteiger partial charge in [-0.25, -0.2) is 0 Å². The van der Waals surface area contributed by atoms with Crippen molar-refractivity contribution in [2.45, 2.75) is 59.9 Å². The zero-order valence-corrected chi connectivity index (χ0v) is 12.8. The fourth-order valence-electron chi connectivity index (χ4n) is 2.47. The highest BCUT2D eigenvalue weighted by molar-refractivity contribution is 5.26. The van der Waals surface area contributed by atoms with Crippen molar-refractivity contribution in [1.82, 2.24) is 9.88 Å². The maximum atomic E-state index is 3.63. The lowest BCUT2D eigenvalue weighted by Crippen LogP contribution is -2.22. The second-order valence-electron chi connectivity index (χ2n) is 5.50. The molecule has 0 aliphatic heterocycles. The van der Waals surface area contributed by atoms with Gasteiger partial charge in [0.1, 0.15) is 0 Å². The summed E-state index contributed by atoms with van der Waals surface area (Å²) in [4.78, 5) is 0. The lowest BCUT2D eigenvalue weighted by molar-refractivity contribution is 0.419. The summed E-state index contributed by atoms with van der Waals surface area (Å²) in [7, 11) is 2.14. The Morgan fingerprint density at radius 1 is 1.28 bits per heavy atom. The Bertz CT molecular complexity index is 352. The molecule has 0 saturated carbocycles. The molecule has 1 heterocycles. The fourth-order valence-corrected chi connectivity index (χ4v) is 2.47. The molecule has 18 heavy (non-hydrogen) atoms. The smallest absolute Gasteiger partial charge is 0.0223 e. The predicted molar refractivity (Wildman–Crippen MR) is 79.9 cm³/mol. The molecule has 0 saturated heterocycles. The van der Waals surface area contributed by atoms with E-state index in [-0.39, 0.29) is 0 Å². The average molecular weight is 250 g/mol. The highest BCUT2D eigenvalue weighted by atomic mass is 15.0. The largest absolute Gasteiger partial charge is 0.352 e. The van der Waals surface area contributed by atoms with Gasteiger partial charge >= 0.3 is 0 Å². The monoisotopic (exact) mass is 250 g/mol. The molecule has 0 fully saturated rings. The molecule has 1 aromatic rings. The number of unbranched alkanes of at least 4 members (excludes halogenated alkanes) is 1. The van der Waals surface area contributed by atoms with Gasteiger partial charge < -0.3 is 9.88 Å². The normalized spacial score (nSPS) is 12.9. The number of hydrogen-bond donors (Lipinski definition) is 1. The summed E-state index contributed by atoms with van der Waals surface area (Å²) in [5.41, 5.74) is 4.18. The Labute approximate surface area is 113 Å². The van der Waals surface area contributed by atoms with Gasteiger partial charge in [-0.1, -0.05) is 33.1 Å². The summed E-state index contributed by atoms with van der Waals surface area (Å²) in [6.45, 7) is 11.1. The molecule has 1 aromatic heterocycles. The Morgan fingerprint density at radius 2 is 2.00 bits per heavy atom. The van der Waals surface area contributed by atoms with Crippen LogP contribution in [-0.2, 0) is 13.6 Å². The van der Waals surface area contributed by atoms with Crippen LogP contribution in [0.3, 0.4) is 0 Å². The Kier molecular flexibility index (Phi) is 6.48. The van der Waals surface area contributed by atoms with Crippen molar-refractivity contribution in [2.24, 2.45) is 13.0 Å². The third kappa shape index (κ3) is 4.16. The maximum absolute atomic E-state index is 3.63. The summed E-state index contributed by atoms with van der Waals surface area (Å²) in [5, 5.41) is 3.63. The average Bonchev–Trinajstić information content (AvgIpc) is 2.61. The van der Waals surface area contributed by atoms with Crippen LogP contribution in [0, 0.1) is 19.8 Å². The van der Waals surface area contributed by atoms with Gasteiger partial charge in [0.15, 0.2) is 0 Å². The minimum atomic E-state index is 0.843. The van der Waals surface area contributed by atoms with Crippen LogP contribution in [0.25, 0.3) is 0 Å². The SMILES string of the molecule is CCCCC(CC)CNCc1cc(C)n(C)c1C. The van der Waals surface area contributed by atoms with Crippen LogP contribution >= 0.6 is 0 Å². The molecule has 0 aliphatic rings. The van der Waals surface area contributed by atoms with Crippen molar-refractivity contribution in [3.63, 3.8) is 0 Å². The van der Waals surface area contributed by atoms with Gasteiger partial charge in [0.25, 0.3) is 0 Å². The van der Waals surface area contributed by atoms with E-state index in [2.05, 4.69) is 50.7 Å². The molecule has 0 bridgehead atoms. The second kappa shape index (κ2) is 7.63. The molecule has 104 valence electrons. The molecule has 0 radical (unpaired) electrons. The minimum absolute atomic E-state index is 0.843. The number of aromatic nitrogens is 1. The highest BCUT2D eigenvalue weighted by Crippen LogP contribution is 2.14. The van der Waals surface area contributed by atoms with Crippen LogP contribution in [0.1, 0.15) is 56.5 Å². The number of nitrogens with zero attached hydrogens (tertiary/aromatic N) is 1. The van der Waals surface area contributed by atoms with Gasteiger partial charge in [0.05, 0.1) is 0 Å². The van der Waals surface area contributed by atoms with E-state index in [4.69, 9.17) is 0 Å². The Hall–Kier alpha value is -0.760. The molecule has 1 N–H and O–H groups in total. The first-order valence-corrected chi connectivity index (χ1v) is 7.42. The summed E-state index contributed by atoms with van der Waals surface area (Å²) in [6, 6.07) is 2.30. The van der Waals surface area contributed by atoms with E-state index in [1.54, 1.807) is 0 Å². The van der Waals surface area contributed by atoms with Crippen LogP contribution in [0.15, 0.2) is 6.07 Å². The second-order valence-corrected chi connectivity index (χ2v) is 5.50. The van der Waals surface area contributed by atoms with Gasteiger partial charge in [0.2, 0.25) is 0 Å². The number of hydrogen-bond acceptors (Lipinski definition) is 1. The lowest BCUT2D eigenvalue weighted by Gasteiger charge is -2.15. The molecule has 0 aliphatic carbocycles. The van der Waals surface area contributed by atoms with Gasteiger partial charge in [0, 0.05) is 25.0 Å². The van der Waals surface area contributed by atoms with E-state index in [0.29, 0.717) is 0 Å². The van der Waals surface area contributed by atoms with Crippen LogP contribution in [-0.4, -0.2) is 11.1 Å². The van der Waals surface area contributed by atoms with Crippen LogP contribution in [0.4, 0.5) is 0 Å². The van der Waals surface area contributed by atoms with Gasteiger partial charge in [-0.2, -0.15) is 0 Å². The summed E-state index contributed by atoms with van der Waals surface area (Å²) < 4.78 is 2.27. The Balaban J connectivity index is 2.38. The van der Waals surface area contributed by atoms with E-state index in [9.17, 15) is 0 Å². The van der Waals surface area contributed by atoms with Gasteiger partial charge in [-0.15, -0.1) is 0 Å². The highest BCUT2D eigenvalue weighted by Gasteiger charge is 2.08. The third-order valence-electron chi connectivity index (χ3n) is 4.17. The molecule has 0 aromatic carbocycles. The van der Waals surface area contributed by atoms with Crippen molar-refractivity contribution in [2.75, 3.05) is 6.54 Å². The summed E-state index contributed by atoms with van der Waals surface area (Å²) >= 11 is 0. The van der Waals surface area contributed by atoms with E-state index in [1.165, 1.54) is 42.6 Å². The third-order valence-corrected chi connectivity index (χ3v) is 4.17. The van der Waals surface area contributed by atoms with Crippen LogP contribution in [0.2, 0.25) is 0 Å². The van der Waals surface area contributed by atoms with Crippen molar-refractivity contribution < 1.29 is 0 Å². The van der Waals surface area contributed by atoms with Crippen molar-refractivity contribution >= 4 is 0 Å². The lowest BCUT2D eigenvalue weighted by atomic mass is 9.99. The number of nitrogens with one attached hydrogen (secondary N) is 1. The topological polar surface area (TPSA) is 17.0 Å². The van der Waals surface area contributed by atoms with Crippen LogP contribution < -0.4 is 5.32 Å². The first-order valence-electron chi connectivity index (χ1n) is 7.42. The zero-order valence-electron chi connectivity index (χ0n) is 12.8. The van der Waals surface area contributed by atoms with Gasteiger partial charge in [-0.05, 0) is 44.4 Å². The minimum Gasteiger partial charge on any atom is -0.352 e. The molecule has 0 spiro atoms. The molecule has 2 heteroatoms. The van der Waals surface area contributed by atoms with Crippen molar-refractivity contribution in [3.8, 4) is 0 Å². The molecule has 0 amide bonds. The maximum Gasteiger partial charge on any atom is 0.0223 e. The molecule has 1 atom stereocenters.